The van der Waals surface area contributed by atoms with Crippen molar-refractivity contribution in [1.29, 1.82) is 0 Å². The maximum atomic E-state index is 11.4. The number of unbranched alkanes of at least 4 members (excludes halogenated alkanes) is 1. The van der Waals surface area contributed by atoms with Gasteiger partial charge in [-0.1, -0.05) is 19.4 Å². The number of amides is 1. The minimum Gasteiger partial charge on any atom is -0.460 e. The van der Waals surface area contributed by atoms with Crippen molar-refractivity contribution in [2.24, 2.45) is 0 Å². The number of carbonyl (C=O) groups excluding carboxylic acids is 3. The van der Waals surface area contributed by atoms with Crippen molar-refractivity contribution in [2.45, 2.75) is 59.0 Å². The van der Waals surface area contributed by atoms with Crippen LogP contribution in [-0.4, -0.2) is 29.8 Å². The molecule has 114 valence electrons. The topological polar surface area (TPSA) is 72.5 Å². The van der Waals surface area contributed by atoms with E-state index < -0.39 is 17.3 Å². The molecule has 0 spiro atoms. The summed E-state index contributed by atoms with van der Waals surface area (Å²) in [6.07, 6.45) is 5.35. The van der Waals surface area contributed by atoms with Crippen LogP contribution in [0.2, 0.25) is 0 Å². The quantitative estimate of drug-likeness (QED) is 0.320. The third kappa shape index (κ3) is 10.3. The minimum absolute atomic E-state index is 0.220. The van der Waals surface area contributed by atoms with Crippen molar-refractivity contribution in [3.8, 4) is 0 Å². The molecule has 0 aromatic heterocycles. The molecule has 0 aliphatic carbocycles. The summed E-state index contributed by atoms with van der Waals surface area (Å²) in [6, 6.07) is 0. The van der Waals surface area contributed by atoms with Gasteiger partial charge < -0.3 is 10.1 Å². The summed E-state index contributed by atoms with van der Waals surface area (Å²) < 4.78 is 5.13. The minimum atomic E-state index is -0.637. The van der Waals surface area contributed by atoms with Crippen LogP contribution in [0.25, 0.3) is 0 Å². The van der Waals surface area contributed by atoms with Crippen molar-refractivity contribution >= 4 is 17.7 Å². The highest BCUT2D eigenvalue weighted by Gasteiger charge is 2.16. The molecule has 1 N–H and O–H groups in total. The molecule has 1 amide bonds. The number of hydrogen-bond donors (Lipinski definition) is 1. The summed E-state index contributed by atoms with van der Waals surface area (Å²) in [5.74, 6) is -1.50. The number of ether oxygens (including phenoxy) is 1. The Hall–Kier alpha value is -1.65. The standard InChI is InChI=1S/C15H25NO4/c1-5-6-7-9-12(17)14(19)16-11-8-10-13(18)20-15(2,3)4/h7,9H,5-6,8,10-11H2,1-4H3,(H,16,19). The second kappa shape index (κ2) is 9.28. The van der Waals surface area contributed by atoms with Crippen LogP contribution >= 0.6 is 0 Å². The van der Waals surface area contributed by atoms with Gasteiger partial charge in [0.15, 0.2) is 0 Å². The average molecular weight is 283 g/mol. The summed E-state index contributed by atoms with van der Waals surface area (Å²) in [6.45, 7) is 7.67. The Kier molecular flexibility index (Phi) is 8.52. The van der Waals surface area contributed by atoms with Crippen molar-refractivity contribution < 1.29 is 19.1 Å². The largest absolute Gasteiger partial charge is 0.460 e. The zero-order chi connectivity index (χ0) is 15.6. The van der Waals surface area contributed by atoms with E-state index in [1.807, 2.05) is 6.92 Å². The zero-order valence-corrected chi connectivity index (χ0v) is 12.8. The molecule has 5 heteroatoms. The van der Waals surface area contributed by atoms with Crippen LogP contribution < -0.4 is 5.32 Å². The van der Waals surface area contributed by atoms with E-state index in [4.69, 9.17) is 4.74 Å². The molecule has 0 aromatic rings. The van der Waals surface area contributed by atoms with Gasteiger partial charge in [0.1, 0.15) is 5.60 Å². The molecule has 0 aliphatic heterocycles. The normalized spacial score (nSPS) is 11.4. The van der Waals surface area contributed by atoms with Crippen LogP contribution in [0, 0.1) is 0 Å². The second-order valence-corrected chi connectivity index (χ2v) is 5.50. The number of allylic oxidation sites excluding steroid dienone is 1. The number of hydrogen-bond acceptors (Lipinski definition) is 4. The number of carbonyl (C=O) groups is 3. The third-order valence-corrected chi connectivity index (χ3v) is 2.21. The highest BCUT2D eigenvalue weighted by molar-refractivity contribution is 6.40. The molecular formula is C15H25NO4. The van der Waals surface area contributed by atoms with Crippen molar-refractivity contribution in [1.82, 2.24) is 5.32 Å². The van der Waals surface area contributed by atoms with E-state index in [-0.39, 0.29) is 18.9 Å². The van der Waals surface area contributed by atoms with Gasteiger partial charge in [-0.2, -0.15) is 0 Å². The molecule has 0 bridgehead atoms. The number of esters is 1. The van der Waals surface area contributed by atoms with Crippen LogP contribution in [-0.2, 0) is 19.1 Å². The Labute approximate surface area is 120 Å². The van der Waals surface area contributed by atoms with Gasteiger partial charge in [0.2, 0.25) is 5.78 Å². The summed E-state index contributed by atoms with van der Waals surface area (Å²) in [7, 11) is 0. The number of nitrogens with one attached hydrogen (secondary N) is 1. The zero-order valence-electron chi connectivity index (χ0n) is 12.8. The van der Waals surface area contributed by atoms with Crippen LogP contribution in [0.5, 0.6) is 0 Å². The second-order valence-electron chi connectivity index (χ2n) is 5.50. The van der Waals surface area contributed by atoms with Gasteiger partial charge in [0.05, 0.1) is 0 Å². The van der Waals surface area contributed by atoms with Crippen molar-refractivity contribution in [3.63, 3.8) is 0 Å². The van der Waals surface area contributed by atoms with Crippen LogP contribution in [0.3, 0.4) is 0 Å². The fourth-order valence-corrected chi connectivity index (χ4v) is 1.35. The first-order valence-corrected chi connectivity index (χ1v) is 6.97. The Morgan fingerprint density at radius 1 is 1.20 bits per heavy atom. The monoisotopic (exact) mass is 283 g/mol. The molecule has 0 saturated carbocycles. The lowest BCUT2D eigenvalue weighted by Gasteiger charge is -2.19. The molecule has 20 heavy (non-hydrogen) atoms. The smallest absolute Gasteiger partial charge is 0.306 e. The van der Waals surface area contributed by atoms with E-state index >= 15 is 0 Å². The van der Waals surface area contributed by atoms with Gasteiger partial charge in [-0.25, -0.2) is 0 Å². The molecule has 5 nitrogen and oxygen atoms in total. The predicted molar refractivity (Wildman–Crippen MR) is 77.1 cm³/mol. The van der Waals surface area contributed by atoms with Gasteiger partial charge in [0, 0.05) is 13.0 Å². The van der Waals surface area contributed by atoms with E-state index in [1.165, 1.54) is 6.08 Å². The lowest BCUT2D eigenvalue weighted by molar-refractivity contribution is -0.154. The van der Waals surface area contributed by atoms with Crippen LogP contribution in [0.4, 0.5) is 0 Å². The number of rotatable bonds is 8. The molecule has 0 fully saturated rings. The van der Waals surface area contributed by atoms with E-state index in [0.717, 1.165) is 12.8 Å². The van der Waals surface area contributed by atoms with Crippen molar-refractivity contribution in [2.75, 3.05) is 6.54 Å². The molecule has 0 heterocycles. The van der Waals surface area contributed by atoms with Gasteiger partial charge in [-0.15, -0.1) is 0 Å². The van der Waals surface area contributed by atoms with E-state index in [0.29, 0.717) is 6.42 Å². The fourth-order valence-electron chi connectivity index (χ4n) is 1.35. The van der Waals surface area contributed by atoms with Gasteiger partial charge >= 0.3 is 5.97 Å². The molecule has 0 radical (unpaired) electrons. The lowest BCUT2D eigenvalue weighted by atomic mass is 10.2. The molecule has 0 unspecified atom stereocenters. The summed E-state index contributed by atoms with van der Waals surface area (Å²) in [5.41, 5.74) is -0.500. The highest BCUT2D eigenvalue weighted by atomic mass is 16.6. The fraction of sp³-hybridized carbons (Fsp3) is 0.667. The summed E-state index contributed by atoms with van der Waals surface area (Å²) in [4.78, 5) is 34.1. The van der Waals surface area contributed by atoms with Crippen molar-refractivity contribution in [3.05, 3.63) is 12.2 Å². The summed E-state index contributed by atoms with van der Waals surface area (Å²) >= 11 is 0. The van der Waals surface area contributed by atoms with Crippen LogP contribution in [0.15, 0.2) is 12.2 Å². The third-order valence-electron chi connectivity index (χ3n) is 2.21. The Balaban J connectivity index is 3.82. The van der Waals surface area contributed by atoms with E-state index in [1.54, 1.807) is 26.8 Å². The molecule has 0 aliphatic rings. The maximum Gasteiger partial charge on any atom is 0.306 e. The molecule has 0 aromatic carbocycles. The Morgan fingerprint density at radius 2 is 1.85 bits per heavy atom. The Morgan fingerprint density at radius 3 is 2.40 bits per heavy atom. The average Bonchev–Trinajstić information content (AvgIpc) is 2.32. The first-order chi connectivity index (χ1) is 9.26. The van der Waals surface area contributed by atoms with E-state index in [2.05, 4.69) is 5.32 Å². The number of ketones is 1. The van der Waals surface area contributed by atoms with Crippen LogP contribution in [0.1, 0.15) is 53.4 Å². The lowest BCUT2D eigenvalue weighted by Crippen LogP contribution is -2.31. The maximum absolute atomic E-state index is 11.4. The van der Waals surface area contributed by atoms with Gasteiger partial charge in [-0.3, -0.25) is 14.4 Å². The van der Waals surface area contributed by atoms with Gasteiger partial charge in [-0.05, 0) is 39.7 Å². The Bertz CT molecular complexity index is 367. The first kappa shape index (κ1) is 18.4. The van der Waals surface area contributed by atoms with Gasteiger partial charge in [0.25, 0.3) is 5.91 Å². The molecule has 0 atom stereocenters. The molecule has 0 saturated heterocycles. The molecule has 0 rings (SSSR count). The predicted octanol–water partition coefficient (Wildman–Crippen LogP) is 2.15. The highest BCUT2D eigenvalue weighted by Crippen LogP contribution is 2.08. The summed E-state index contributed by atoms with van der Waals surface area (Å²) in [5, 5.41) is 2.48. The first-order valence-electron chi connectivity index (χ1n) is 6.97. The molecular weight excluding hydrogens is 258 g/mol. The SMILES string of the molecule is CCCC=CC(=O)C(=O)NCCCC(=O)OC(C)(C)C. The van der Waals surface area contributed by atoms with E-state index in [9.17, 15) is 14.4 Å².